The number of nitrogens with zero attached hydrogens (tertiary/aromatic N) is 1. The molecule has 0 aromatic carbocycles. The summed E-state index contributed by atoms with van der Waals surface area (Å²) in [7, 11) is 0. The predicted octanol–water partition coefficient (Wildman–Crippen LogP) is 1.94. The molecule has 2 rings (SSSR count). The maximum atomic E-state index is 12.6. The highest BCUT2D eigenvalue weighted by atomic mass is 16.5. The average Bonchev–Trinajstić information content (AvgIpc) is 2.96. The molecule has 1 N–H and O–H groups in total. The summed E-state index contributed by atoms with van der Waals surface area (Å²) < 4.78 is 5.65. The number of hydrogen-bond donors (Lipinski definition) is 1. The lowest BCUT2D eigenvalue weighted by Crippen LogP contribution is -2.47. The molecule has 0 aliphatic carbocycles. The van der Waals surface area contributed by atoms with Gasteiger partial charge in [0, 0.05) is 25.7 Å². The van der Waals surface area contributed by atoms with Crippen LogP contribution in [0.3, 0.4) is 0 Å². The number of hydrogen-bond acceptors (Lipinski definition) is 3. The molecular formula is C15H28N2O2. The van der Waals surface area contributed by atoms with Crippen molar-refractivity contribution in [3.63, 3.8) is 0 Å². The SMILES string of the molecule is CCCCN(CC1CCCN1)C(=O)C1CCCCO1. The van der Waals surface area contributed by atoms with E-state index in [1.165, 1.54) is 12.8 Å². The van der Waals surface area contributed by atoms with Crippen LogP contribution in [0.15, 0.2) is 0 Å². The molecule has 4 nitrogen and oxygen atoms in total. The summed E-state index contributed by atoms with van der Waals surface area (Å²) in [6.45, 7) is 5.76. The van der Waals surface area contributed by atoms with Gasteiger partial charge in [-0.05, 0) is 45.1 Å². The minimum atomic E-state index is -0.174. The third kappa shape index (κ3) is 4.46. The number of amides is 1. The largest absolute Gasteiger partial charge is 0.368 e. The molecule has 0 saturated carbocycles. The summed E-state index contributed by atoms with van der Waals surface area (Å²) in [5.74, 6) is 0.224. The van der Waals surface area contributed by atoms with E-state index < -0.39 is 0 Å². The summed E-state index contributed by atoms with van der Waals surface area (Å²) in [6, 6.07) is 0.490. The second-order valence-electron chi connectivity index (χ2n) is 5.79. The molecule has 1 amide bonds. The third-order valence-corrected chi connectivity index (χ3v) is 4.15. The number of unbranched alkanes of at least 4 members (excludes halogenated alkanes) is 1. The molecule has 4 heteroatoms. The molecule has 19 heavy (non-hydrogen) atoms. The van der Waals surface area contributed by atoms with Gasteiger partial charge in [0.1, 0.15) is 6.10 Å². The van der Waals surface area contributed by atoms with Crippen LogP contribution in [-0.2, 0) is 9.53 Å². The third-order valence-electron chi connectivity index (χ3n) is 4.15. The molecule has 2 aliphatic heterocycles. The van der Waals surface area contributed by atoms with Crippen molar-refractivity contribution in [1.29, 1.82) is 0 Å². The molecule has 0 radical (unpaired) electrons. The zero-order chi connectivity index (χ0) is 13.5. The Morgan fingerprint density at radius 2 is 2.21 bits per heavy atom. The van der Waals surface area contributed by atoms with Crippen LogP contribution in [0.5, 0.6) is 0 Å². The lowest BCUT2D eigenvalue weighted by atomic mass is 10.1. The molecule has 0 bridgehead atoms. The first-order valence-electron chi connectivity index (χ1n) is 7.95. The van der Waals surface area contributed by atoms with Crippen molar-refractivity contribution < 1.29 is 9.53 Å². The second kappa shape index (κ2) is 7.85. The van der Waals surface area contributed by atoms with Gasteiger partial charge >= 0.3 is 0 Å². The Hall–Kier alpha value is -0.610. The fourth-order valence-corrected chi connectivity index (χ4v) is 2.96. The fourth-order valence-electron chi connectivity index (χ4n) is 2.96. The van der Waals surface area contributed by atoms with E-state index in [1.807, 2.05) is 4.90 Å². The highest BCUT2D eigenvalue weighted by Crippen LogP contribution is 2.17. The van der Waals surface area contributed by atoms with Crippen LogP contribution in [0.4, 0.5) is 0 Å². The Balaban J connectivity index is 1.88. The van der Waals surface area contributed by atoms with Gasteiger partial charge in [0.2, 0.25) is 0 Å². The first kappa shape index (κ1) is 14.8. The van der Waals surface area contributed by atoms with Gasteiger partial charge in [0.25, 0.3) is 5.91 Å². The van der Waals surface area contributed by atoms with E-state index >= 15 is 0 Å². The Bertz CT molecular complexity index is 271. The van der Waals surface area contributed by atoms with E-state index in [2.05, 4.69) is 12.2 Å². The van der Waals surface area contributed by atoms with Crippen LogP contribution in [0.25, 0.3) is 0 Å². The summed E-state index contributed by atoms with van der Waals surface area (Å²) in [5.41, 5.74) is 0. The second-order valence-corrected chi connectivity index (χ2v) is 5.79. The predicted molar refractivity (Wildman–Crippen MR) is 76.1 cm³/mol. The van der Waals surface area contributed by atoms with Gasteiger partial charge in [-0.25, -0.2) is 0 Å². The highest BCUT2D eigenvalue weighted by Gasteiger charge is 2.28. The first-order chi connectivity index (χ1) is 9.31. The van der Waals surface area contributed by atoms with Crippen LogP contribution >= 0.6 is 0 Å². The average molecular weight is 268 g/mol. The smallest absolute Gasteiger partial charge is 0.251 e. The van der Waals surface area contributed by atoms with Crippen molar-refractivity contribution in [2.24, 2.45) is 0 Å². The first-order valence-corrected chi connectivity index (χ1v) is 7.95. The molecule has 2 unspecified atom stereocenters. The number of rotatable bonds is 6. The molecule has 2 atom stereocenters. The molecule has 2 aliphatic rings. The van der Waals surface area contributed by atoms with Gasteiger partial charge in [0.05, 0.1) is 0 Å². The van der Waals surface area contributed by atoms with Gasteiger partial charge in [-0.2, -0.15) is 0 Å². The van der Waals surface area contributed by atoms with E-state index in [-0.39, 0.29) is 12.0 Å². The molecule has 2 fully saturated rings. The Morgan fingerprint density at radius 3 is 2.84 bits per heavy atom. The Morgan fingerprint density at radius 1 is 1.32 bits per heavy atom. The van der Waals surface area contributed by atoms with Gasteiger partial charge in [-0.15, -0.1) is 0 Å². The topological polar surface area (TPSA) is 41.6 Å². The fraction of sp³-hybridized carbons (Fsp3) is 0.933. The molecule has 0 aromatic heterocycles. The van der Waals surface area contributed by atoms with Crippen LogP contribution in [0, 0.1) is 0 Å². The minimum absolute atomic E-state index is 0.174. The van der Waals surface area contributed by atoms with Crippen molar-refractivity contribution in [2.75, 3.05) is 26.2 Å². The lowest BCUT2D eigenvalue weighted by Gasteiger charge is -2.31. The number of ether oxygens (including phenoxy) is 1. The van der Waals surface area contributed by atoms with Crippen LogP contribution < -0.4 is 5.32 Å². The molecule has 2 saturated heterocycles. The minimum Gasteiger partial charge on any atom is -0.368 e. The monoisotopic (exact) mass is 268 g/mol. The van der Waals surface area contributed by atoms with Crippen molar-refractivity contribution in [2.45, 2.75) is 64.0 Å². The maximum absolute atomic E-state index is 12.6. The van der Waals surface area contributed by atoms with Crippen molar-refractivity contribution >= 4 is 5.91 Å². The zero-order valence-corrected chi connectivity index (χ0v) is 12.2. The molecule has 0 aromatic rings. The summed E-state index contributed by atoms with van der Waals surface area (Å²) >= 11 is 0. The summed E-state index contributed by atoms with van der Waals surface area (Å²) in [6.07, 6.45) is 7.61. The van der Waals surface area contributed by atoms with Gasteiger partial charge in [-0.1, -0.05) is 13.3 Å². The van der Waals surface area contributed by atoms with Gasteiger partial charge < -0.3 is 15.0 Å². The van der Waals surface area contributed by atoms with E-state index in [4.69, 9.17) is 4.74 Å². The van der Waals surface area contributed by atoms with E-state index in [0.29, 0.717) is 6.04 Å². The lowest BCUT2D eigenvalue weighted by molar-refractivity contribution is -0.146. The number of nitrogens with one attached hydrogen (secondary N) is 1. The zero-order valence-electron chi connectivity index (χ0n) is 12.2. The van der Waals surface area contributed by atoms with Crippen molar-refractivity contribution in [1.82, 2.24) is 10.2 Å². The molecular weight excluding hydrogens is 240 g/mol. The maximum Gasteiger partial charge on any atom is 0.251 e. The van der Waals surface area contributed by atoms with Crippen LogP contribution in [0.2, 0.25) is 0 Å². The van der Waals surface area contributed by atoms with Gasteiger partial charge in [-0.3, -0.25) is 4.79 Å². The Kier molecular flexibility index (Phi) is 6.11. The van der Waals surface area contributed by atoms with Gasteiger partial charge in [0.15, 0.2) is 0 Å². The van der Waals surface area contributed by atoms with E-state index in [9.17, 15) is 4.79 Å². The molecule has 110 valence electrons. The summed E-state index contributed by atoms with van der Waals surface area (Å²) in [4.78, 5) is 14.6. The van der Waals surface area contributed by atoms with Crippen molar-refractivity contribution in [3.8, 4) is 0 Å². The van der Waals surface area contributed by atoms with Crippen molar-refractivity contribution in [3.05, 3.63) is 0 Å². The number of carbonyl (C=O) groups excluding carboxylic acids is 1. The normalized spacial score (nSPS) is 27.4. The van der Waals surface area contributed by atoms with Crippen LogP contribution in [-0.4, -0.2) is 49.2 Å². The van der Waals surface area contributed by atoms with Crippen LogP contribution in [0.1, 0.15) is 51.9 Å². The summed E-state index contributed by atoms with van der Waals surface area (Å²) in [5, 5.41) is 3.49. The van der Waals surface area contributed by atoms with E-state index in [1.54, 1.807) is 0 Å². The van der Waals surface area contributed by atoms with E-state index in [0.717, 1.165) is 58.3 Å². The molecule has 2 heterocycles. The highest BCUT2D eigenvalue weighted by molar-refractivity contribution is 5.81. The molecule has 0 spiro atoms. The number of carbonyl (C=O) groups is 1. The Labute approximate surface area is 116 Å². The quantitative estimate of drug-likeness (QED) is 0.800. The standard InChI is InChI=1S/C15H28N2O2/c1-2-3-10-17(12-13-7-6-9-16-13)15(18)14-8-4-5-11-19-14/h13-14,16H,2-12H2,1H3.